The zero-order valence-corrected chi connectivity index (χ0v) is 13.8. The third-order valence-corrected chi connectivity index (χ3v) is 3.50. The number of carbonyl (C=O) groups excluding carboxylic acids is 1. The van der Waals surface area contributed by atoms with E-state index >= 15 is 0 Å². The van der Waals surface area contributed by atoms with Gasteiger partial charge in [-0.3, -0.25) is 4.98 Å². The molecule has 0 spiro atoms. The first-order valence-electron chi connectivity index (χ1n) is 7.77. The molecule has 122 valence electrons. The molecule has 1 aliphatic heterocycles. The highest BCUT2D eigenvalue weighted by atomic mass is 16.6. The Morgan fingerprint density at radius 1 is 1.32 bits per heavy atom. The molecule has 1 aromatic heterocycles. The van der Waals surface area contributed by atoms with Gasteiger partial charge < -0.3 is 14.4 Å². The van der Waals surface area contributed by atoms with Crippen LogP contribution in [0.15, 0.2) is 12.4 Å². The maximum atomic E-state index is 12.3. The first-order valence-corrected chi connectivity index (χ1v) is 7.77. The van der Waals surface area contributed by atoms with Gasteiger partial charge in [-0.1, -0.05) is 0 Å². The molecular formula is C16H25N3O3. The number of piperidine rings is 1. The standard InChI is InChI=1S/C16H25N3O3/c1-12-14(18-9-8-17-12)21-11-13-7-5-6-10-19(13)15(20)22-16(2,3)4/h8-9,13H,5-7,10-11H2,1-4H3/t13-/m0/s1. The number of likely N-dealkylation sites (tertiary alicyclic amines) is 1. The first-order chi connectivity index (χ1) is 10.4. The minimum Gasteiger partial charge on any atom is -0.474 e. The van der Waals surface area contributed by atoms with Crippen LogP contribution in [-0.2, 0) is 4.74 Å². The number of hydrogen-bond acceptors (Lipinski definition) is 5. The van der Waals surface area contributed by atoms with Crippen LogP contribution >= 0.6 is 0 Å². The summed E-state index contributed by atoms with van der Waals surface area (Å²) in [5.41, 5.74) is 0.267. The lowest BCUT2D eigenvalue weighted by Crippen LogP contribution is -2.48. The van der Waals surface area contributed by atoms with E-state index in [1.54, 1.807) is 17.3 Å². The third-order valence-electron chi connectivity index (χ3n) is 3.50. The van der Waals surface area contributed by atoms with E-state index in [-0.39, 0.29) is 12.1 Å². The van der Waals surface area contributed by atoms with Gasteiger partial charge in [0.2, 0.25) is 5.88 Å². The Morgan fingerprint density at radius 3 is 2.73 bits per heavy atom. The highest BCUT2D eigenvalue weighted by Crippen LogP contribution is 2.21. The number of nitrogens with zero attached hydrogens (tertiary/aromatic N) is 3. The lowest BCUT2D eigenvalue weighted by Gasteiger charge is -2.36. The van der Waals surface area contributed by atoms with Gasteiger partial charge in [-0.2, -0.15) is 0 Å². The number of aryl methyl sites for hydroxylation is 1. The van der Waals surface area contributed by atoms with Gasteiger partial charge in [0.25, 0.3) is 0 Å². The normalized spacial score (nSPS) is 18.9. The van der Waals surface area contributed by atoms with E-state index in [2.05, 4.69) is 9.97 Å². The number of amides is 1. The fourth-order valence-corrected chi connectivity index (χ4v) is 2.45. The Hall–Kier alpha value is -1.85. The molecule has 22 heavy (non-hydrogen) atoms. The van der Waals surface area contributed by atoms with E-state index in [0.29, 0.717) is 19.0 Å². The van der Waals surface area contributed by atoms with Crippen molar-refractivity contribution in [2.24, 2.45) is 0 Å². The second-order valence-corrected chi connectivity index (χ2v) is 6.58. The molecular weight excluding hydrogens is 282 g/mol. The van der Waals surface area contributed by atoms with Gasteiger partial charge >= 0.3 is 6.09 Å². The molecule has 1 aliphatic rings. The highest BCUT2D eigenvalue weighted by Gasteiger charge is 2.31. The SMILES string of the molecule is Cc1nccnc1OC[C@@H]1CCCCN1C(=O)OC(C)(C)C. The summed E-state index contributed by atoms with van der Waals surface area (Å²) in [7, 11) is 0. The van der Waals surface area contributed by atoms with Crippen molar-refractivity contribution in [1.82, 2.24) is 14.9 Å². The monoisotopic (exact) mass is 307 g/mol. The van der Waals surface area contributed by atoms with Crippen LogP contribution in [0.25, 0.3) is 0 Å². The van der Waals surface area contributed by atoms with Crippen molar-refractivity contribution >= 4 is 6.09 Å². The van der Waals surface area contributed by atoms with E-state index in [9.17, 15) is 4.79 Å². The Labute approximate surface area is 131 Å². The predicted octanol–water partition coefficient (Wildman–Crippen LogP) is 2.95. The van der Waals surface area contributed by atoms with Gasteiger partial charge in [-0.05, 0) is 47.0 Å². The molecule has 2 rings (SSSR count). The molecule has 0 radical (unpaired) electrons. The number of hydrogen-bond donors (Lipinski definition) is 0. The summed E-state index contributed by atoms with van der Waals surface area (Å²) in [6, 6.07) is 0.0185. The molecule has 0 unspecified atom stereocenters. The molecule has 0 bridgehead atoms. The number of ether oxygens (including phenoxy) is 2. The number of aromatic nitrogens is 2. The van der Waals surface area contributed by atoms with Crippen LogP contribution in [-0.4, -0.2) is 45.8 Å². The van der Waals surface area contributed by atoms with Crippen LogP contribution in [0.5, 0.6) is 5.88 Å². The zero-order valence-electron chi connectivity index (χ0n) is 13.8. The van der Waals surface area contributed by atoms with E-state index in [4.69, 9.17) is 9.47 Å². The lowest BCUT2D eigenvalue weighted by atomic mass is 10.0. The van der Waals surface area contributed by atoms with Gasteiger partial charge in [0.15, 0.2) is 0 Å². The Bertz CT molecular complexity index is 514. The van der Waals surface area contributed by atoms with Crippen LogP contribution < -0.4 is 4.74 Å². The van der Waals surface area contributed by atoms with Crippen LogP contribution in [0.4, 0.5) is 4.79 Å². The van der Waals surface area contributed by atoms with Gasteiger partial charge in [-0.15, -0.1) is 0 Å². The molecule has 1 amide bonds. The quantitative estimate of drug-likeness (QED) is 0.859. The summed E-state index contributed by atoms with van der Waals surface area (Å²) in [5.74, 6) is 0.525. The van der Waals surface area contributed by atoms with Crippen molar-refractivity contribution in [2.75, 3.05) is 13.2 Å². The predicted molar refractivity (Wildman–Crippen MR) is 82.8 cm³/mol. The molecule has 1 saturated heterocycles. The average molecular weight is 307 g/mol. The molecule has 6 heteroatoms. The van der Waals surface area contributed by atoms with E-state index in [1.165, 1.54) is 0 Å². The maximum Gasteiger partial charge on any atom is 0.410 e. The summed E-state index contributed by atoms with van der Waals surface area (Å²) < 4.78 is 11.3. The minimum absolute atomic E-state index is 0.0185. The van der Waals surface area contributed by atoms with Gasteiger partial charge in [-0.25, -0.2) is 9.78 Å². The molecule has 1 atom stereocenters. The smallest absolute Gasteiger partial charge is 0.410 e. The van der Waals surface area contributed by atoms with E-state index in [0.717, 1.165) is 25.0 Å². The fourth-order valence-electron chi connectivity index (χ4n) is 2.45. The van der Waals surface area contributed by atoms with Crippen molar-refractivity contribution in [1.29, 1.82) is 0 Å². The summed E-state index contributed by atoms with van der Waals surface area (Å²) >= 11 is 0. The Kier molecular flexibility index (Phi) is 5.21. The highest BCUT2D eigenvalue weighted by molar-refractivity contribution is 5.68. The van der Waals surface area contributed by atoms with Crippen LogP contribution in [0.1, 0.15) is 45.7 Å². The average Bonchev–Trinajstić information content (AvgIpc) is 2.45. The van der Waals surface area contributed by atoms with Crippen LogP contribution in [0.3, 0.4) is 0 Å². The molecule has 0 aliphatic carbocycles. The fraction of sp³-hybridized carbons (Fsp3) is 0.688. The van der Waals surface area contributed by atoms with Gasteiger partial charge in [0.1, 0.15) is 12.2 Å². The number of rotatable bonds is 3. The molecule has 0 N–H and O–H groups in total. The van der Waals surface area contributed by atoms with Crippen molar-refractivity contribution in [3.8, 4) is 5.88 Å². The second kappa shape index (κ2) is 6.94. The molecule has 6 nitrogen and oxygen atoms in total. The maximum absolute atomic E-state index is 12.3. The lowest BCUT2D eigenvalue weighted by molar-refractivity contribution is 0.00330. The Morgan fingerprint density at radius 2 is 2.05 bits per heavy atom. The summed E-state index contributed by atoms with van der Waals surface area (Å²) in [6.07, 6.45) is 5.98. The molecule has 1 fully saturated rings. The summed E-state index contributed by atoms with van der Waals surface area (Å²) in [5, 5.41) is 0. The van der Waals surface area contributed by atoms with Crippen molar-refractivity contribution in [3.05, 3.63) is 18.1 Å². The summed E-state index contributed by atoms with van der Waals surface area (Å²) in [6.45, 7) is 8.62. The van der Waals surface area contributed by atoms with Crippen LogP contribution in [0.2, 0.25) is 0 Å². The Balaban J connectivity index is 1.98. The molecule has 2 heterocycles. The minimum atomic E-state index is -0.485. The van der Waals surface area contributed by atoms with Crippen LogP contribution in [0, 0.1) is 6.92 Å². The van der Waals surface area contributed by atoms with E-state index in [1.807, 2.05) is 27.7 Å². The van der Waals surface area contributed by atoms with Gasteiger partial charge in [0, 0.05) is 18.9 Å². The zero-order chi connectivity index (χ0) is 16.2. The third kappa shape index (κ3) is 4.58. The van der Waals surface area contributed by atoms with Crippen molar-refractivity contribution in [2.45, 2.75) is 58.6 Å². The van der Waals surface area contributed by atoms with Gasteiger partial charge in [0.05, 0.1) is 11.7 Å². The molecule has 1 aromatic rings. The van der Waals surface area contributed by atoms with E-state index < -0.39 is 5.60 Å². The summed E-state index contributed by atoms with van der Waals surface area (Å²) in [4.78, 5) is 22.4. The largest absolute Gasteiger partial charge is 0.474 e. The first kappa shape index (κ1) is 16.5. The molecule has 0 saturated carbocycles. The molecule has 0 aromatic carbocycles. The topological polar surface area (TPSA) is 64.6 Å². The second-order valence-electron chi connectivity index (χ2n) is 6.58. The van der Waals surface area contributed by atoms with Crippen molar-refractivity contribution < 1.29 is 14.3 Å². The van der Waals surface area contributed by atoms with Crippen molar-refractivity contribution in [3.63, 3.8) is 0 Å². The number of carbonyl (C=O) groups is 1.